The molecule has 0 aromatic heterocycles. The summed E-state index contributed by atoms with van der Waals surface area (Å²) < 4.78 is 11.3. The van der Waals surface area contributed by atoms with Gasteiger partial charge in [0.05, 0.1) is 19.3 Å². The number of ether oxygens (including phenoxy) is 2. The molecule has 0 N–H and O–H groups in total. The number of rotatable bonds is 3. The highest BCUT2D eigenvalue weighted by molar-refractivity contribution is 4.86. The van der Waals surface area contributed by atoms with E-state index in [4.69, 9.17) is 9.47 Å². The highest BCUT2D eigenvalue weighted by Gasteiger charge is 2.36. The lowest BCUT2D eigenvalue weighted by Gasteiger charge is -2.41. The Kier molecular flexibility index (Phi) is 2.98. The zero-order valence-corrected chi connectivity index (χ0v) is 9.49. The van der Waals surface area contributed by atoms with Crippen LogP contribution in [0.25, 0.3) is 0 Å². The Morgan fingerprint density at radius 3 is 2.67 bits per heavy atom. The average Bonchev–Trinajstić information content (AvgIpc) is 3.10. The molecular formula is C13H22O2. The lowest BCUT2D eigenvalue weighted by molar-refractivity contribution is -0.0509. The standard InChI is InChI=1S/C13H22O2/c1-2-6-12-10(4-1)5-3-7-13(12)15-9-11-8-14-11/h10-13H,1-9H2. The molecule has 2 saturated carbocycles. The van der Waals surface area contributed by atoms with Crippen molar-refractivity contribution < 1.29 is 9.47 Å². The van der Waals surface area contributed by atoms with Gasteiger partial charge in [-0.05, 0) is 31.1 Å². The maximum Gasteiger partial charge on any atom is 0.104 e. The minimum absolute atomic E-state index is 0.439. The minimum Gasteiger partial charge on any atom is -0.375 e. The van der Waals surface area contributed by atoms with Crippen LogP contribution in [-0.4, -0.2) is 25.4 Å². The first-order chi connectivity index (χ1) is 7.43. The van der Waals surface area contributed by atoms with Crippen molar-refractivity contribution in [3.05, 3.63) is 0 Å². The first-order valence-electron chi connectivity index (χ1n) is 6.66. The number of epoxide rings is 1. The quantitative estimate of drug-likeness (QED) is 0.668. The molecule has 4 atom stereocenters. The van der Waals surface area contributed by atoms with E-state index in [1.165, 1.54) is 44.9 Å². The molecule has 4 unspecified atom stereocenters. The van der Waals surface area contributed by atoms with Crippen molar-refractivity contribution in [2.75, 3.05) is 13.2 Å². The molecule has 0 bridgehead atoms. The van der Waals surface area contributed by atoms with Crippen molar-refractivity contribution in [2.45, 2.75) is 57.2 Å². The van der Waals surface area contributed by atoms with Crippen molar-refractivity contribution in [1.82, 2.24) is 0 Å². The Hall–Kier alpha value is -0.0800. The first-order valence-corrected chi connectivity index (χ1v) is 6.66. The van der Waals surface area contributed by atoms with Crippen LogP contribution in [0, 0.1) is 11.8 Å². The zero-order valence-electron chi connectivity index (χ0n) is 9.49. The molecule has 3 aliphatic rings. The van der Waals surface area contributed by atoms with Crippen LogP contribution in [0.15, 0.2) is 0 Å². The zero-order chi connectivity index (χ0) is 10.1. The van der Waals surface area contributed by atoms with E-state index in [0.717, 1.165) is 25.0 Å². The Morgan fingerprint density at radius 1 is 1.00 bits per heavy atom. The molecular weight excluding hydrogens is 188 g/mol. The van der Waals surface area contributed by atoms with Gasteiger partial charge in [-0.15, -0.1) is 0 Å². The van der Waals surface area contributed by atoms with Crippen LogP contribution in [0.4, 0.5) is 0 Å². The summed E-state index contributed by atoms with van der Waals surface area (Å²) in [7, 11) is 0. The van der Waals surface area contributed by atoms with Gasteiger partial charge in [-0.3, -0.25) is 0 Å². The molecule has 2 nitrogen and oxygen atoms in total. The van der Waals surface area contributed by atoms with Crippen LogP contribution in [-0.2, 0) is 9.47 Å². The van der Waals surface area contributed by atoms with Crippen LogP contribution in [0.2, 0.25) is 0 Å². The second kappa shape index (κ2) is 4.42. The van der Waals surface area contributed by atoms with Crippen molar-refractivity contribution in [2.24, 2.45) is 11.8 Å². The predicted octanol–water partition coefficient (Wildman–Crippen LogP) is 2.76. The summed E-state index contributed by atoms with van der Waals surface area (Å²) in [6, 6.07) is 0. The van der Waals surface area contributed by atoms with Gasteiger partial charge >= 0.3 is 0 Å². The third-order valence-electron chi connectivity index (χ3n) is 4.41. The van der Waals surface area contributed by atoms with Crippen LogP contribution in [0.3, 0.4) is 0 Å². The van der Waals surface area contributed by atoms with Crippen molar-refractivity contribution >= 4 is 0 Å². The Morgan fingerprint density at radius 2 is 1.80 bits per heavy atom. The summed E-state index contributed by atoms with van der Waals surface area (Å²) >= 11 is 0. The van der Waals surface area contributed by atoms with E-state index in [9.17, 15) is 0 Å². The molecule has 15 heavy (non-hydrogen) atoms. The molecule has 0 radical (unpaired) electrons. The Balaban J connectivity index is 1.54. The fourth-order valence-corrected chi connectivity index (χ4v) is 3.48. The van der Waals surface area contributed by atoms with Crippen LogP contribution in [0.1, 0.15) is 44.9 Å². The summed E-state index contributed by atoms with van der Waals surface area (Å²) in [5.41, 5.74) is 0. The first kappa shape index (κ1) is 10.1. The summed E-state index contributed by atoms with van der Waals surface area (Å²) in [5.74, 6) is 1.86. The van der Waals surface area contributed by atoms with Gasteiger partial charge < -0.3 is 9.47 Å². The van der Waals surface area contributed by atoms with Crippen LogP contribution in [0.5, 0.6) is 0 Å². The SMILES string of the molecule is C1CCC2C(C1)CCCC2OCC1CO1. The van der Waals surface area contributed by atoms with Crippen LogP contribution >= 0.6 is 0 Å². The molecule has 0 spiro atoms. The molecule has 0 amide bonds. The lowest BCUT2D eigenvalue weighted by Crippen LogP contribution is -2.37. The predicted molar refractivity (Wildman–Crippen MR) is 58.8 cm³/mol. The molecule has 1 aliphatic heterocycles. The van der Waals surface area contributed by atoms with Gasteiger partial charge in [-0.25, -0.2) is 0 Å². The van der Waals surface area contributed by atoms with Crippen molar-refractivity contribution in [3.63, 3.8) is 0 Å². The maximum atomic E-state index is 6.05. The van der Waals surface area contributed by atoms with E-state index in [1.54, 1.807) is 0 Å². The average molecular weight is 210 g/mol. The highest BCUT2D eigenvalue weighted by Crippen LogP contribution is 2.41. The number of hydrogen-bond donors (Lipinski definition) is 0. The third-order valence-corrected chi connectivity index (χ3v) is 4.41. The summed E-state index contributed by atoms with van der Waals surface area (Å²) in [6.07, 6.45) is 10.9. The van der Waals surface area contributed by atoms with E-state index >= 15 is 0 Å². The Labute approximate surface area is 92.3 Å². The maximum absolute atomic E-state index is 6.05. The van der Waals surface area contributed by atoms with Gasteiger partial charge in [0.2, 0.25) is 0 Å². The topological polar surface area (TPSA) is 21.8 Å². The van der Waals surface area contributed by atoms with Crippen molar-refractivity contribution in [1.29, 1.82) is 0 Å². The monoisotopic (exact) mass is 210 g/mol. The Bertz CT molecular complexity index is 211. The van der Waals surface area contributed by atoms with E-state index in [-0.39, 0.29) is 0 Å². The summed E-state index contributed by atoms with van der Waals surface area (Å²) in [4.78, 5) is 0. The normalized spacial score (nSPS) is 44.8. The lowest BCUT2D eigenvalue weighted by atomic mass is 9.69. The van der Waals surface area contributed by atoms with E-state index < -0.39 is 0 Å². The fourth-order valence-electron chi connectivity index (χ4n) is 3.48. The second-order valence-electron chi connectivity index (χ2n) is 5.47. The third kappa shape index (κ3) is 2.36. The van der Waals surface area contributed by atoms with Gasteiger partial charge in [0.15, 0.2) is 0 Å². The smallest absolute Gasteiger partial charge is 0.104 e. The molecule has 3 rings (SSSR count). The minimum atomic E-state index is 0.439. The van der Waals surface area contributed by atoms with Gasteiger partial charge in [-0.2, -0.15) is 0 Å². The molecule has 2 heteroatoms. The van der Waals surface area contributed by atoms with E-state index in [0.29, 0.717) is 12.2 Å². The molecule has 0 aromatic carbocycles. The van der Waals surface area contributed by atoms with Gasteiger partial charge in [0.1, 0.15) is 6.10 Å². The van der Waals surface area contributed by atoms with E-state index in [2.05, 4.69) is 0 Å². The molecule has 0 aromatic rings. The summed E-state index contributed by atoms with van der Waals surface area (Å²) in [6.45, 7) is 1.79. The summed E-state index contributed by atoms with van der Waals surface area (Å²) in [5, 5.41) is 0. The van der Waals surface area contributed by atoms with Gasteiger partial charge in [0.25, 0.3) is 0 Å². The largest absolute Gasteiger partial charge is 0.375 e. The number of fused-ring (bicyclic) bond motifs is 1. The number of hydrogen-bond acceptors (Lipinski definition) is 2. The van der Waals surface area contributed by atoms with Crippen molar-refractivity contribution in [3.8, 4) is 0 Å². The van der Waals surface area contributed by atoms with Crippen LogP contribution < -0.4 is 0 Å². The molecule has 3 fully saturated rings. The molecule has 1 saturated heterocycles. The molecule has 2 aliphatic carbocycles. The van der Waals surface area contributed by atoms with Gasteiger partial charge in [0, 0.05) is 0 Å². The van der Waals surface area contributed by atoms with E-state index in [1.807, 2.05) is 0 Å². The second-order valence-corrected chi connectivity index (χ2v) is 5.47. The highest BCUT2D eigenvalue weighted by atomic mass is 16.6. The molecule has 1 heterocycles. The van der Waals surface area contributed by atoms with Gasteiger partial charge in [-0.1, -0.05) is 25.7 Å². The molecule has 86 valence electrons. The fraction of sp³-hybridized carbons (Fsp3) is 1.00.